The van der Waals surface area contributed by atoms with Gasteiger partial charge >= 0.3 is 0 Å². The molecule has 158 valence electrons. The molecule has 1 atom stereocenters. The van der Waals surface area contributed by atoms with Crippen molar-refractivity contribution < 1.29 is 19.0 Å². The van der Waals surface area contributed by atoms with Gasteiger partial charge in [-0.2, -0.15) is 0 Å². The molecular weight excluding hydrogens is 366 g/mol. The number of nitrogens with one attached hydrogen (secondary N) is 1. The van der Waals surface area contributed by atoms with Gasteiger partial charge in [0.25, 0.3) is 5.91 Å². The lowest BCUT2D eigenvalue weighted by Gasteiger charge is -2.19. The number of ether oxygens (including phenoxy) is 3. The summed E-state index contributed by atoms with van der Waals surface area (Å²) in [5, 5.41) is 2.97. The van der Waals surface area contributed by atoms with Crippen LogP contribution in [0.3, 0.4) is 0 Å². The Morgan fingerprint density at radius 2 is 1.69 bits per heavy atom. The topological polar surface area (TPSA) is 56.8 Å². The second-order valence-corrected chi connectivity index (χ2v) is 7.54. The van der Waals surface area contributed by atoms with Crippen LogP contribution in [-0.4, -0.2) is 32.8 Å². The first-order valence-electron chi connectivity index (χ1n) is 10.1. The lowest BCUT2D eigenvalue weighted by Crippen LogP contribution is -2.37. The molecule has 5 nitrogen and oxygen atoms in total. The zero-order valence-corrected chi connectivity index (χ0v) is 18.4. The molecule has 0 saturated heterocycles. The van der Waals surface area contributed by atoms with E-state index in [0.717, 1.165) is 41.0 Å². The average Bonchev–Trinajstić information content (AvgIpc) is 2.70. The fourth-order valence-corrected chi connectivity index (χ4v) is 3.15. The fourth-order valence-electron chi connectivity index (χ4n) is 3.15. The van der Waals surface area contributed by atoms with Gasteiger partial charge in [-0.3, -0.25) is 4.79 Å². The van der Waals surface area contributed by atoms with Gasteiger partial charge in [0.1, 0.15) is 5.75 Å². The maximum atomic E-state index is 12.4. The van der Waals surface area contributed by atoms with Crippen LogP contribution in [0.1, 0.15) is 49.8 Å². The quantitative estimate of drug-likeness (QED) is 0.591. The summed E-state index contributed by atoms with van der Waals surface area (Å²) < 4.78 is 16.6. The van der Waals surface area contributed by atoms with E-state index >= 15 is 0 Å². The molecule has 29 heavy (non-hydrogen) atoms. The maximum Gasteiger partial charge on any atom is 0.260 e. The number of carbonyl (C=O) groups excluding carboxylic acids is 1. The van der Waals surface area contributed by atoms with Gasteiger partial charge in [0.2, 0.25) is 0 Å². The second kappa shape index (κ2) is 10.7. The van der Waals surface area contributed by atoms with Crippen LogP contribution in [0, 0.1) is 6.92 Å². The lowest BCUT2D eigenvalue weighted by atomic mass is 10.0. The van der Waals surface area contributed by atoms with E-state index in [2.05, 4.69) is 31.3 Å². The predicted octanol–water partition coefficient (Wildman–Crippen LogP) is 4.65. The molecule has 0 heterocycles. The third-order valence-corrected chi connectivity index (χ3v) is 4.85. The Morgan fingerprint density at radius 1 is 0.966 bits per heavy atom. The molecule has 0 fully saturated rings. The Kier molecular flexibility index (Phi) is 8.37. The van der Waals surface area contributed by atoms with Crippen molar-refractivity contribution in [3.8, 4) is 17.2 Å². The molecule has 0 spiro atoms. The van der Waals surface area contributed by atoms with E-state index in [0.29, 0.717) is 18.2 Å². The van der Waals surface area contributed by atoms with Crippen LogP contribution in [0.15, 0.2) is 36.4 Å². The number of benzene rings is 2. The minimum atomic E-state index is -0.546. The van der Waals surface area contributed by atoms with Crippen LogP contribution < -0.4 is 19.5 Å². The van der Waals surface area contributed by atoms with Crippen molar-refractivity contribution in [1.82, 2.24) is 5.32 Å². The van der Waals surface area contributed by atoms with Crippen molar-refractivity contribution in [2.45, 2.75) is 52.6 Å². The summed E-state index contributed by atoms with van der Waals surface area (Å²) in [6, 6.07) is 12.0. The highest BCUT2D eigenvalue weighted by Gasteiger charge is 2.17. The van der Waals surface area contributed by atoms with E-state index in [-0.39, 0.29) is 5.91 Å². The highest BCUT2D eigenvalue weighted by Crippen LogP contribution is 2.29. The Morgan fingerprint density at radius 3 is 2.34 bits per heavy atom. The molecule has 1 N–H and O–H groups in total. The summed E-state index contributed by atoms with van der Waals surface area (Å²) in [4.78, 5) is 12.4. The van der Waals surface area contributed by atoms with Crippen molar-refractivity contribution >= 4 is 5.91 Å². The SMILES string of the molecule is COc1ccc(CCCNC(=O)C(C)Oc2cc(C)ccc2C(C)C)cc1OC. The van der Waals surface area contributed by atoms with Gasteiger partial charge in [-0.05, 0) is 67.5 Å². The number of hydrogen-bond acceptors (Lipinski definition) is 4. The van der Waals surface area contributed by atoms with Crippen molar-refractivity contribution in [1.29, 1.82) is 0 Å². The van der Waals surface area contributed by atoms with Crippen molar-refractivity contribution in [2.75, 3.05) is 20.8 Å². The maximum absolute atomic E-state index is 12.4. The zero-order chi connectivity index (χ0) is 21.4. The number of amides is 1. The molecule has 5 heteroatoms. The van der Waals surface area contributed by atoms with Gasteiger partial charge < -0.3 is 19.5 Å². The Hall–Kier alpha value is -2.69. The average molecular weight is 400 g/mol. The second-order valence-electron chi connectivity index (χ2n) is 7.54. The first kappa shape index (κ1) is 22.6. The summed E-state index contributed by atoms with van der Waals surface area (Å²) in [6.45, 7) is 8.64. The van der Waals surface area contributed by atoms with Crippen LogP contribution in [0.25, 0.3) is 0 Å². The summed E-state index contributed by atoms with van der Waals surface area (Å²) in [6.07, 6.45) is 1.12. The number of hydrogen-bond donors (Lipinski definition) is 1. The summed E-state index contributed by atoms with van der Waals surface area (Å²) in [5.74, 6) is 2.45. The molecule has 1 amide bonds. The molecule has 1 unspecified atom stereocenters. The standard InChI is InChI=1S/C24H33NO4/c1-16(2)20-11-9-17(3)14-22(20)29-18(4)24(26)25-13-7-8-19-10-12-21(27-5)23(15-19)28-6/h9-12,14-16,18H,7-8,13H2,1-6H3,(H,25,26). The van der Waals surface area contributed by atoms with Crippen molar-refractivity contribution in [3.05, 3.63) is 53.1 Å². The van der Waals surface area contributed by atoms with Gasteiger partial charge in [-0.25, -0.2) is 0 Å². The molecular formula is C24H33NO4. The molecule has 0 aliphatic carbocycles. The fraction of sp³-hybridized carbons (Fsp3) is 0.458. The van der Waals surface area contributed by atoms with Gasteiger partial charge in [-0.1, -0.05) is 32.0 Å². The Bertz CT molecular complexity index is 817. The van der Waals surface area contributed by atoms with Crippen molar-refractivity contribution in [3.63, 3.8) is 0 Å². The van der Waals surface area contributed by atoms with E-state index in [4.69, 9.17) is 14.2 Å². The molecule has 2 aromatic rings. The first-order valence-corrected chi connectivity index (χ1v) is 10.1. The van der Waals surface area contributed by atoms with Gasteiger partial charge in [-0.15, -0.1) is 0 Å². The van der Waals surface area contributed by atoms with E-state index in [1.54, 1.807) is 21.1 Å². The summed E-state index contributed by atoms with van der Waals surface area (Å²) in [5.41, 5.74) is 3.37. The minimum Gasteiger partial charge on any atom is -0.493 e. The molecule has 0 aliphatic rings. The highest BCUT2D eigenvalue weighted by atomic mass is 16.5. The van der Waals surface area contributed by atoms with Gasteiger partial charge in [0.05, 0.1) is 14.2 Å². The smallest absolute Gasteiger partial charge is 0.260 e. The van der Waals surface area contributed by atoms with E-state index in [1.807, 2.05) is 31.2 Å². The number of rotatable bonds is 10. The normalized spacial score (nSPS) is 11.8. The molecule has 0 radical (unpaired) electrons. The molecule has 2 rings (SSSR count). The third-order valence-electron chi connectivity index (χ3n) is 4.85. The Labute approximate surface area is 174 Å². The monoisotopic (exact) mass is 399 g/mol. The molecule has 0 aromatic heterocycles. The Balaban J connectivity index is 1.84. The molecule has 0 bridgehead atoms. The third kappa shape index (κ3) is 6.41. The van der Waals surface area contributed by atoms with Gasteiger partial charge in [0.15, 0.2) is 17.6 Å². The zero-order valence-electron chi connectivity index (χ0n) is 18.4. The molecule has 2 aromatic carbocycles. The van der Waals surface area contributed by atoms with Crippen LogP contribution >= 0.6 is 0 Å². The van der Waals surface area contributed by atoms with E-state index in [1.165, 1.54) is 0 Å². The highest BCUT2D eigenvalue weighted by molar-refractivity contribution is 5.80. The summed E-state index contributed by atoms with van der Waals surface area (Å²) >= 11 is 0. The van der Waals surface area contributed by atoms with Gasteiger partial charge in [0, 0.05) is 6.54 Å². The van der Waals surface area contributed by atoms with E-state index in [9.17, 15) is 4.79 Å². The number of carbonyl (C=O) groups is 1. The molecule has 0 saturated carbocycles. The molecule has 0 aliphatic heterocycles. The van der Waals surface area contributed by atoms with Crippen LogP contribution in [0.5, 0.6) is 17.2 Å². The number of aryl methyl sites for hydroxylation is 2. The minimum absolute atomic E-state index is 0.103. The van der Waals surface area contributed by atoms with Crippen LogP contribution in [0.4, 0.5) is 0 Å². The lowest BCUT2D eigenvalue weighted by molar-refractivity contribution is -0.127. The largest absolute Gasteiger partial charge is 0.493 e. The van der Waals surface area contributed by atoms with Crippen LogP contribution in [0.2, 0.25) is 0 Å². The first-order chi connectivity index (χ1) is 13.8. The van der Waals surface area contributed by atoms with Crippen molar-refractivity contribution in [2.24, 2.45) is 0 Å². The van der Waals surface area contributed by atoms with E-state index < -0.39 is 6.10 Å². The number of methoxy groups -OCH3 is 2. The predicted molar refractivity (Wildman–Crippen MR) is 116 cm³/mol. The van der Waals surface area contributed by atoms with Crippen LogP contribution in [-0.2, 0) is 11.2 Å². The summed E-state index contributed by atoms with van der Waals surface area (Å²) in [7, 11) is 3.25.